The van der Waals surface area contributed by atoms with Gasteiger partial charge in [0.1, 0.15) is 10.6 Å². The molecule has 6 nitrogen and oxygen atoms in total. The Hall–Kier alpha value is -1.47. The minimum Gasteiger partial charge on any atom is -0.461 e. The van der Waals surface area contributed by atoms with Crippen molar-refractivity contribution in [3.8, 4) is 0 Å². The molecule has 0 bridgehead atoms. The Balaban J connectivity index is 3.15. The molecule has 0 radical (unpaired) electrons. The zero-order valence-electron chi connectivity index (χ0n) is 14.6. The highest BCUT2D eigenvalue weighted by Crippen LogP contribution is 2.31. The van der Waals surface area contributed by atoms with Crippen molar-refractivity contribution in [2.75, 3.05) is 6.61 Å². The molecule has 1 aromatic heterocycles. The highest BCUT2D eigenvalue weighted by molar-refractivity contribution is 7.10. The Morgan fingerprint density at radius 3 is 2.43 bits per heavy atom. The van der Waals surface area contributed by atoms with E-state index in [0.29, 0.717) is 11.4 Å². The van der Waals surface area contributed by atoms with E-state index in [1.165, 1.54) is 11.3 Å². The Kier molecular flexibility index (Phi) is 6.30. The summed E-state index contributed by atoms with van der Waals surface area (Å²) in [6.07, 6.45) is 0.373. The predicted octanol–water partition coefficient (Wildman–Crippen LogP) is 2.86. The molecule has 0 saturated carbocycles. The number of ether oxygens (including phenoxy) is 2. The van der Waals surface area contributed by atoms with Gasteiger partial charge in [-0.2, -0.15) is 0 Å². The minimum absolute atomic E-state index is 0.155. The first-order valence-electron chi connectivity index (χ1n) is 7.65. The first-order chi connectivity index (χ1) is 10.5. The molecule has 0 saturated heterocycles. The van der Waals surface area contributed by atoms with Crippen LogP contribution in [0.5, 0.6) is 0 Å². The summed E-state index contributed by atoms with van der Waals surface area (Å²) in [5.74, 6) is -0.906. The molecular formula is C16H26N2O4S. The molecule has 2 N–H and O–H groups in total. The maximum Gasteiger partial charge on any atom is 0.357 e. The van der Waals surface area contributed by atoms with E-state index >= 15 is 0 Å². The summed E-state index contributed by atoms with van der Waals surface area (Å²) < 4.78 is 10.4. The van der Waals surface area contributed by atoms with E-state index in [1.54, 1.807) is 33.1 Å². The van der Waals surface area contributed by atoms with Gasteiger partial charge < -0.3 is 15.2 Å². The third kappa shape index (κ3) is 5.28. The van der Waals surface area contributed by atoms with Crippen LogP contribution in [-0.4, -0.2) is 29.1 Å². The van der Waals surface area contributed by atoms with Gasteiger partial charge in [-0.1, -0.05) is 13.8 Å². The highest BCUT2D eigenvalue weighted by Gasteiger charge is 2.43. The molecule has 0 aliphatic heterocycles. The van der Waals surface area contributed by atoms with Crippen LogP contribution in [-0.2, 0) is 19.8 Å². The smallest absolute Gasteiger partial charge is 0.357 e. The Morgan fingerprint density at radius 1 is 1.35 bits per heavy atom. The van der Waals surface area contributed by atoms with E-state index in [9.17, 15) is 9.59 Å². The summed E-state index contributed by atoms with van der Waals surface area (Å²) in [7, 11) is 0. The van der Waals surface area contributed by atoms with E-state index in [0.717, 1.165) is 0 Å². The van der Waals surface area contributed by atoms with Crippen LogP contribution < -0.4 is 5.73 Å². The van der Waals surface area contributed by atoms with Crippen molar-refractivity contribution < 1.29 is 19.1 Å². The molecular weight excluding hydrogens is 316 g/mol. The van der Waals surface area contributed by atoms with E-state index < -0.39 is 23.1 Å². The fourth-order valence-electron chi connectivity index (χ4n) is 2.05. The van der Waals surface area contributed by atoms with Crippen LogP contribution in [0.4, 0.5) is 0 Å². The van der Waals surface area contributed by atoms with Crippen molar-refractivity contribution in [2.24, 2.45) is 11.7 Å². The number of thiazole rings is 1. The molecule has 0 fully saturated rings. The number of hydrogen-bond donors (Lipinski definition) is 1. The van der Waals surface area contributed by atoms with E-state index in [-0.39, 0.29) is 18.2 Å². The second-order valence-corrected chi connectivity index (χ2v) is 7.69. The zero-order valence-corrected chi connectivity index (χ0v) is 15.5. The highest BCUT2D eigenvalue weighted by atomic mass is 32.1. The number of nitrogens with two attached hydrogens (primary N) is 1. The lowest BCUT2D eigenvalue weighted by Crippen LogP contribution is -2.49. The first-order valence-corrected chi connectivity index (χ1v) is 8.53. The summed E-state index contributed by atoms with van der Waals surface area (Å²) >= 11 is 1.17. The van der Waals surface area contributed by atoms with Crippen LogP contribution in [0.25, 0.3) is 0 Å². The summed E-state index contributed by atoms with van der Waals surface area (Å²) in [4.78, 5) is 28.6. The molecule has 0 aliphatic carbocycles. The van der Waals surface area contributed by atoms with Gasteiger partial charge in [0.05, 0.1) is 6.61 Å². The fraction of sp³-hybridized carbons (Fsp3) is 0.688. The van der Waals surface area contributed by atoms with Crippen LogP contribution in [0, 0.1) is 5.92 Å². The standard InChI is InChI=1S/C16H26N2O4S/c1-7-21-12(19)11-9-23-13(18-11)16(17,8-10(2)3)14(20)22-15(4,5)6/h9-10H,7-8,17H2,1-6H3. The zero-order chi connectivity index (χ0) is 17.8. The SMILES string of the molecule is CCOC(=O)c1csc(C(N)(CC(C)C)C(=O)OC(C)(C)C)n1. The van der Waals surface area contributed by atoms with Gasteiger partial charge in [-0.3, -0.25) is 0 Å². The molecule has 1 unspecified atom stereocenters. The molecule has 0 spiro atoms. The number of hydrogen-bond acceptors (Lipinski definition) is 7. The molecule has 23 heavy (non-hydrogen) atoms. The number of esters is 2. The largest absolute Gasteiger partial charge is 0.461 e. The minimum atomic E-state index is -1.38. The van der Waals surface area contributed by atoms with Gasteiger partial charge in [0.15, 0.2) is 11.2 Å². The lowest BCUT2D eigenvalue weighted by atomic mass is 9.90. The molecule has 0 aliphatic rings. The van der Waals surface area contributed by atoms with Gasteiger partial charge >= 0.3 is 11.9 Å². The van der Waals surface area contributed by atoms with Gasteiger partial charge in [-0.05, 0) is 40.0 Å². The van der Waals surface area contributed by atoms with E-state index in [2.05, 4.69) is 4.98 Å². The molecule has 1 rings (SSSR count). The van der Waals surface area contributed by atoms with Crippen molar-refractivity contribution in [3.63, 3.8) is 0 Å². The Morgan fingerprint density at radius 2 is 1.96 bits per heavy atom. The second-order valence-electron chi connectivity index (χ2n) is 6.83. The van der Waals surface area contributed by atoms with Crippen molar-refractivity contribution in [1.29, 1.82) is 0 Å². The molecule has 1 atom stereocenters. The Labute approximate surface area is 141 Å². The molecule has 0 amide bonds. The van der Waals surface area contributed by atoms with Crippen LogP contribution in [0.3, 0.4) is 0 Å². The van der Waals surface area contributed by atoms with E-state index in [4.69, 9.17) is 15.2 Å². The maximum absolute atomic E-state index is 12.6. The second kappa shape index (κ2) is 7.40. The van der Waals surface area contributed by atoms with Crippen molar-refractivity contribution in [2.45, 2.75) is 59.1 Å². The van der Waals surface area contributed by atoms with Gasteiger partial charge in [-0.25, -0.2) is 14.6 Å². The van der Waals surface area contributed by atoms with Crippen molar-refractivity contribution >= 4 is 23.3 Å². The van der Waals surface area contributed by atoms with Gasteiger partial charge in [0, 0.05) is 5.38 Å². The van der Waals surface area contributed by atoms with Crippen LogP contribution in [0.1, 0.15) is 63.5 Å². The average Bonchev–Trinajstić information content (AvgIpc) is 2.86. The van der Waals surface area contributed by atoms with Gasteiger partial charge in [-0.15, -0.1) is 11.3 Å². The van der Waals surface area contributed by atoms with Gasteiger partial charge in [0.25, 0.3) is 0 Å². The number of aromatic nitrogens is 1. The fourth-order valence-corrected chi connectivity index (χ4v) is 2.95. The first kappa shape index (κ1) is 19.6. The number of nitrogens with zero attached hydrogens (tertiary/aromatic N) is 1. The molecule has 1 aromatic rings. The number of carbonyl (C=O) groups is 2. The monoisotopic (exact) mass is 342 g/mol. The summed E-state index contributed by atoms with van der Waals surface area (Å²) in [5.41, 5.74) is 4.51. The maximum atomic E-state index is 12.6. The molecule has 0 aromatic carbocycles. The van der Waals surface area contributed by atoms with Gasteiger partial charge in [0.2, 0.25) is 0 Å². The summed E-state index contributed by atoms with van der Waals surface area (Å²) in [6.45, 7) is 11.3. The normalized spacial score (nSPS) is 14.4. The average molecular weight is 342 g/mol. The molecule has 1 heterocycles. The lowest BCUT2D eigenvalue weighted by molar-refractivity contribution is -0.163. The van der Waals surface area contributed by atoms with Crippen molar-refractivity contribution in [1.82, 2.24) is 4.98 Å². The summed E-state index contributed by atoms with van der Waals surface area (Å²) in [6, 6.07) is 0. The lowest BCUT2D eigenvalue weighted by Gasteiger charge is -2.31. The quantitative estimate of drug-likeness (QED) is 0.799. The number of carbonyl (C=O) groups excluding carboxylic acids is 2. The summed E-state index contributed by atoms with van der Waals surface area (Å²) in [5, 5.41) is 1.92. The van der Waals surface area contributed by atoms with Crippen LogP contribution in [0.2, 0.25) is 0 Å². The predicted molar refractivity (Wildman–Crippen MR) is 89.2 cm³/mol. The van der Waals surface area contributed by atoms with Crippen LogP contribution >= 0.6 is 11.3 Å². The third-order valence-electron chi connectivity index (χ3n) is 2.86. The third-order valence-corrected chi connectivity index (χ3v) is 3.88. The number of rotatable bonds is 6. The molecule has 7 heteroatoms. The van der Waals surface area contributed by atoms with E-state index in [1.807, 2.05) is 13.8 Å². The topological polar surface area (TPSA) is 91.5 Å². The van der Waals surface area contributed by atoms with Crippen molar-refractivity contribution in [3.05, 3.63) is 16.1 Å². The van der Waals surface area contributed by atoms with Crippen LogP contribution in [0.15, 0.2) is 5.38 Å². The Bertz CT molecular complexity index is 563. The molecule has 130 valence electrons.